The fourth-order valence-corrected chi connectivity index (χ4v) is 0.993. The molecule has 1 nitrogen and oxygen atoms in total. The van der Waals surface area contributed by atoms with Crippen molar-refractivity contribution in [3.8, 4) is 0 Å². The first-order chi connectivity index (χ1) is 5.89. The fraction of sp³-hybridized carbons (Fsp3) is 0.455. The largest absolute Gasteiger partial charge is 2.00 e. The van der Waals surface area contributed by atoms with Gasteiger partial charge >= 0.3 is 23.1 Å². The van der Waals surface area contributed by atoms with Crippen LogP contribution in [0.3, 0.4) is 0 Å². The van der Waals surface area contributed by atoms with Gasteiger partial charge in [-0.15, -0.1) is 0 Å². The molecule has 2 rings (SSSR count). The second-order valence-electron chi connectivity index (χ2n) is 2.87. The van der Waals surface area contributed by atoms with E-state index in [9.17, 15) is 0 Å². The molecule has 0 aliphatic carbocycles. The molecule has 0 radical (unpaired) electrons. The molecular weight excluding hydrogens is 252 g/mol. The zero-order valence-electron chi connectivity index (χ0n) is 8.63. The Morgan fingerprint density at radius 2 is 1.86 bits per heavy atom. The average Bonchev–Trinajstić information content (AvgIpc) is 2.62. The molecule has 14 heavy (non-hydrogen) atoms. The van der Waals surface area contributed by atoms with E-state index < -0.39 is 0 Å². The normalized spacial score (nSPS) is 12.9. The van der Waals surface area contributed by atoms with Crippen LogP contribution in [0.4, 0.5) is 0 Å². The van der Waals surface area contributed by atoms with Gasteiger partial charge in [-0.05, 0) is 12.8 Å². The standard InChI is InChI=1S/C7H7.C4H8O.BrH.Mg/c1-7-5-3-2-4-6-7;1-2-4-5-3-1;;/h2-5H,1H3;1-4H2;1H;/q-1;;;+2/p-1. The van der Waals surface area contributed by atoms with Gasteiger partial charge in [0, 0.05) is 13.2 Å². The number of hydrogen-bond acceptors (Lipinski definition) is 1. The number of halogens is 1. The van der Waals surface area contributed by atoms with Crippen LogP contribution in [0, 0.1) is 13.0 Å². The van der Waals surface area contributed by atoms with Gasteiger partial charge in [0.2, 0.25) is 0 Å². The Balaban J connectivity index is 0. The Bertz CT molecular complexity index is 192. The van der Waals surface area contributed by atoms with Crippen molar-refractivity contribution in [3.05, 3.63) is 35.9 Å². The Kier molecular flexibility index (Phi) is 13.8. The molecule has 0 saturated carbocycles. The first-order valence-corrected chi connectivity index (χ1v) is 4.40. The smallest absolute Gasteiger partial charge is 1.00 e. The third-order valence-electron chi connectivity index (χ3n) is 1.69. The average molecular weight is 267 g/mol. The molecule has 0 aromatic heterocycles. The maximum atomic E-state index is 4.94. The summed E-state index contributed by atoms with van der Waals surface area (Å²) in [6.07, 6.45) is 2.56. The summed E-state index contributed by atoms with van der Waals surface area (Å²) in [5.41, 5.74) is 1.20. The molecule has 1 fully saturated rings. The maximum absolute atomic E-state index is 4.94. The van der Waals surface area contributed by atoms with E-state index in [4.69, 9.17) is 4.74 Å². The van der Waals surface area contributed by atoms with E-state index >= 15 is 0 Å². The van der Waals surface area contributed by atoms with Crippen molar-refractivity contribution in [1.29, 1.82) is 0 Å². The first kappa shape index (κ1) is 16.8. The van der Waals surface area contributed by atoms with Crippen LogP contribution in [-0.2, 0) is 4.74 Å². The summed E-state index contributed by atoms with van der Waals surface area (Å²) in [6, 6.07) is 10.9. The molecule has 1 aromatic rings. The minimum Gasteiger partial charge on any atom is -1.00 e. The monoisotopic (exact) mass is 266 g/mol. The summed E-state index contributed by atoms with van der Waals surface area (Å²) in [5, 5.41) is 0. The molecule has 1 aliphatic rings. The van der Waals surface area contributed by atoms with Crippen molar-refractivity contribution in [2.45, 2.75) is 19.8 Å². The van der Waals surface area contributed by atoms with Crippen LogP contribution in [0.15, 0.2) is 24.3 Å². The predicted molar refractivity (Wildman–Crippen MR) is 55.8 cm³/mol. The van der Waals surface area contributed by atoms with E-state index in [0.717, 1.165) is 13.2 Å². The van der Waals surface area contributed by atoms with Crippen LogP contribution in [0.5, 0.6) is 0 Å². The molecule has 0 unspecified atom stereocenters. The number of benzene rings is 1. The second kappa shape index (κ2) is 11.5. The van der Waals surface area contributed by atoms with Gasteiger partial charge in [-0.2, -0.15) is 35.9 Å². The Morgan fingerprint density at radius 3 is 2.07 bits per heavy atom. The Morgan fingerprint density at radius 1 is 1.21 bits per heavy atom. The van der Waals surface area contributed by atoms with Gasteiger partial charge < -0.3 is 21.7 Å². The van der Waals surface area contributed by atoms with Crippen molar-refractivity contribution >= 4 is 23.1 Å². The molecule has 0 amide bonds. The van der Waals surface area contributed by atoms with Gasteiger partial charge in [0.05, 0.1) is 0 Å². The zero-order valence-corrected chi connectivity index (χ0v) is 11.6. The van der Waals surface area contributed by atoms with E-state index in [2.05, 4.69) is 6.07 Å². The molecule has 1 saturated heterocycles. The summed E-state index contributed by atoms with van der Waals surface area (Å²) in [5.74, 6) is 0. The summed E-state index contributed by atoms with van der Waals surface area (Å²) < 4.78 is 4.94. The van der Waals surface area contributed by atoms with Crippen molar-refractivity contribution in [1.82, 2.24) is 0 Å². The second-order valence-corrected chi connectivity index (χ2v) is 2.87. The van der Waals surface area contributed by atoms with Gasteiger partial charge in [0.25, 0.3) is 0 Å². The molecule has 1 heterocycles. The van der Waals surface area contributed by atoms with Crippen LogP contribution in [-0.4, -0.2) is 36.3 Å². The van der Waals surface area contributed by atoms with Gasteiger partial charge in [0.15, 0.2) is 0 Å². The van der Waals surface area contributed by atoms with E-state index in [0.29, 0.717) is 0 Å². The van der Waals surface area contributed by atoms with Gasteiger partial charge in [-0.1, -0.05) is 6.92 Å². The van der Waals surface area contributed by atoms with Gasteiger partial charge in [-0.25, -0.2) is 0 Å². The molecule has 0 N–H and O–H groups in total. The zero-order chi connectivity index (χ0) is 8.65. The van der Waals surface area contributed by atoms with Crippen molar-refractivity contribution < 1.29 is 21.7 Å². The van der Waals surface area contributed by atoms with Crippen molar-refractivity contribution in [2.75, 3.05) is 13.2 Å². The third kappa shape index (κ3) is 9.00. The number of rotatable bonds is 0. The fourth-order valence-electron chi connectivity index (χ4n) is 0.993. The molecule has 3 heteroatoms. The van der Waals surface area contributed by atoms with Crippen molar-refractivity contribution in [3.63, 3.8) is 0 Å². The minimum absolute atomic E-state index is 0. The van der Waals surface area contributed by atoms with E-state index in [1.807, 2.05) is 31.2 Å². The first-order valence-electron chi connectivity index (χ1n) is 4.40. The van der Waals surface area contributed by atoms with E-state index in [-0.39, 0.29) is 40.0 Å². The van der Waals surface area contributed by atoms with Crippen LogP contribution in [0.25, 0.3) is 0 Å². The van der Waals surface area contributed by atoms with Gasteiger partial charge in [-0.3, -0.25) is 0 Å². The summed E-state index contributed by atoms with van der Waals surface area (Å²) in [4.78, 5) is 0. The molecule has 0 atom stereocenters. The summed E-state index contributed by atoms with van der Waals surface area (Å²) >= 11 is 0. The quantitative estimate of drug-likeness (QED) is 0.442. The predicted octanol–water partition coefficient (Wildman–Crippen LogP) is -0.785. The molecule has 0 spiro atoms. The molecule has 74 valence electrons. The van der Waals surface area contributed by atoms with Crippen LogP contribution in [0.2, 0.25) is 0 Å². The Labute approximate surface area is 113 Å². The Hall–Kier alpha value is 0.426. The van der Waals surface area contributed by atoms with Crippen LogP contribution < -0.4 is 17.0 Å². The number of aryl methyl sites for hydroxylation is 1. The third-order valence-corrected chi connectivity index (χ3v) is 1.69. The summed E-state index contributed by atoms with van der Waals surface area (Å²) in [6.45, 7) is 4.03. The minimum atomic E-state index is 0. The van der Waals surface area contributed by atoms with Gasteiger partial charge in [0.1, 0.15) is 0 Å². The molecule has 1 aromatic carbocycles. The maximum Gasteiger partial charge on any atom is 2.00 e. The molecule has 0 bridgehead atoms. The molecular formula is C11H15BrMgO. The molecule has 1 aliphatic heterocycles. The van der Waals surface area contributed by atoms with Crippen LogP contribution >= 0.6 is 0 Å². The SMILES string of the molecule is C1CCOC1.Cc1[c-]cccc1.[Br-].[Mg+2]. The van der Waals surface area contributed by atoms with Crippen molar-refractivity contribution in [2.24, 2.45) is 0 Å². The van der Waals surface area contributed by atoms with E-state index in [1.165, 1.54) is 18.4 Å². The topological polar surface area (TPSA) is 9.23 Å². The summed E-state index contributed by atoms with van der Waals surface area (Å²) in [7, 11) is 0. The number of hydrogen-bond donors (Lipinski definition) is 0. The van der Waals surface area contributed by atoms with E-state index in [1.54, 1.807) is 0 Å². The van der Waals surface area contributed by atoms with Crippen LogP contribution in [0.1, 0.15) is 18.4 Å². The number of ether oxygens (including phenoxy) is 1.